The fraction of sp³-hybridized carbons (Fsp3) is 0. The van der Waals surface area contributed by atoms with E-state index in [2.05, 4.69) is 9.84 Å². The largest absolute Gasteiger partial charge is 0.507 e. The van der Waals surface area contributed by atoms with Crippen LogP contribution >= 0.6 is 11.6 Å². The fourth-order valence-corrected chi connectivity index (χ4v) is 1.30. The highest BCUT2D eigenvalue weighted by molar-refractivity contribution is 6.37. The Morgan fingerprint density at radius 2 is 2.12 bits per heavy atom. The number of halogens is 1. The van der Waals surface area contributed by atoms with Gasteiger partial charge in [-0.2, -0.15) is 4.99 Å². The highest BCUT2D eigenvalue weighted by atomic mass is 35.5. The zero-order chi connectivity index (χ0) is 12.3. The minimum absolute atomic E-state index is 0.0357. The summed E-state index contributed by atoms with van der Waals surface area (Å²) in [5, 5.41) is 9.26. The highest BCUT2D eigenvalue weighted by Gasteiger charge is 2.18. The minimum atomic E-state index is -0.895. The molecule has 0 bridgehead atoms. The van der Waals surface area contributed by atoms with Crippen LogP contribution < -0.4 is 11.5 Å². The molecule has 82 valence electrons. The van der Waals surface area contributed by atoms with Gasteiger partial charge in [0.05, 0.1) is 17.2 Å². The highest BCUT2D eigenvalue weighted by Crippen LogP contribution is 2.34. The lowest BCUT2D eigenvalue weighted by molar-refractivity contribution is 0.100. The zero-order valence-corrected chi connectivity index (χ0v) is 8.69. The molecule has 1 aromatic rings. The second-order valence-corrected chi connectivity index (χ2v) is 3.12. The molecule has 0 spiro atoms. The topological polar surface area (TPSA) is 106 Å². The molecule has 0 saturated carbocycles. The van der Waals surface area contributed by atoms with Gasteiger partial charge in [0.25, 0.3) is 5.91 Å². The van der Waals surface area contributed by atoms with Gasteiger partial charge in [0.1, 0.15) is 5.75 Å². The van der Waals surface area contributed by atoms with Crippen molar-refractivity contribution in [3.63, 3.8) is 0 Å². The number of aromatic hydroxyl groups is 1. The Labute approximate surface area is 96.0 Å². The van der Waals surface area contributed by atoms with Gasteiger partial charge in [-0.15, -0.1) is 0 Å². The van der Waals surface area contributed by atoms with Gasteiger partial charge in [-0.1, -0.05) is 17.7 Å². The van der Waals surface area contributed by atoms with Crippen LogP contribution in [-0.2, 0) is 0 Å². The van der Waals surface area contributed by atoms with Gasteiger partial charge < -0.3 is 16.6 Å². The van der Waals surface area contributed by atoms with Crippen LogP contribution in [0.25, 0.3) is 4.85 Å². The number of carbonyl (C=O) groups excluding carboxylic acids is 1. The maximum Gasteiger partial charge on any atom is 0.284 e. The molecule has 5 N–H and O–H groups in total. The average molecular weight is 239 g/mol. The number of phenols is 1. The third-order valence-electron chi connectivity index (χ3n) is 1.66. The SMILES string of the molecule is [C-]#[N+]c1ccc(O)c(C(=O)N=C(N)N)c1Cl. The Kier molecular flexibility index (Phi) is 3.33. The number of nitrogens with two attached hydrogens (primary N) is 2. The molecule has 0 aromatic heterocycles. The van der Waals surface area contributed by atoms with E-state index in [0.717, 1.165) is 0 Å². The molecule has 0 atom stereocenters. The second kappa shape index (κ2) is 4.51. The monoisotopic (exact) mass is 238 g/mol. The smallest absolute Gasteiger partial charge is 0.284 e. The molecule has 0 saturated heterocycles. The van der Waals surface area contributed by atoms with Crippen LogP contribution in [0.5, 0.6) is 5.75 Å². The number of hydrogen-bond acceptors (Lipinski definition) is 2. The van der Waals surface area contributed by atoms with Crippen molar-refractivity contribution < 1.29 is 9.90 Å². The predicted molar refractivity (Wildman–Crippen MR) is 59.5 cm³/mol. The van der Waals surface area contributed by atoms with Crippen molar-refractivity contribution in [1.29, 1.82) is 0 Å². The van der Waals surface area contributed by atoms with Crippen LogP contribution in [0.4, 0.5) is 5.69 Å². The number of rotatable bonds is 1. The maximum absolute atomic E-state index is 11.5. The molecule has 1 rings (SSSR count). The number of amides is 1. The zero-order valence-electron chi connectivity index (χ0n) is 7.94. The lowest BCUT2D eigenvalue weighted by Crippen LogP contribution is -2.24. The molecular formula is C9H7ClN4O2. The van der Waals surface area contributed by atoms with Gasteiger partial charge in [0, 0.05) is 0 Å². The Morgan fingerprint density at radius 3 is 2.62 bits per heavy atom. The van der Waals surface area contributed by atoms with Crippen LogP contribution in [0.1, 0.15) is 10.4 Å². The van der Waals surface area contributed by atoms with Crippen LogP contribution in [0.2, 0.25) is 5.02 Å². The fourth-order valence-electron chi connectivity index (χ4n) is 1.02. The first-order valence-electron chi connectivity index (χ1n) is 4.00. The first-order valence-corrected chi connectivity index (χ1v) is 4.38. The van der Waals surface area contributed by atoms with Crippen molar-refractivity contribution >= 4 is 29.2 Å². The summed E-state index contributed by atoms with van der Waals surface area (Å²) in [6, 6.07) is 2.46. The Bertz CT molecular complexity index is 515. The van der Waals surface area contributed by atoms with Gasteiger partial charge >= 0.3 is 0 Å². The molecule has 1 aromatic carbocycles. The van der Waals surface area contributed by atoms with E-state index in [9.17, 15) is 9.90 Å². The lowest BCUT2D eigenvalue weighted by atomic mass is 10.1. The summed E-state index contributed by atoms with van der Waals surface area (Å²) < 4.78 is 0. The molecule has 7 heteroatoms. The number of nitrogens with zero attached hydrogens (tertiary/aromatic N) is 2. The van der Waals surface area contributed by atoms with E-state index in [1.54, 1.807) is 0 Å². The van der Waals surface area contributed by atoms with Crippen molar-refractivity contribution in [3.05, 3.63) is 34.1 Å². The molecule has 0 unspecified atom stereocenters. The normalized spacial score (nSPS) is 9.25. The molecule has 6 nitrogen and oxygen atoms in total. The van der Waals surface area contributed by atoms with Gasteiger partial charge in [-0.3, -0.25) is 4.79 Å². The molecule has 0 fully saturated rings. The number of benzene rings is 1. The quantitative estimate of drug-likeness (QED) is 0.386. The van der Waals surface area contributed by atoms with E-state index in [1.165, 1.54) is 12.1 Å². The molecule has 0 aliphatic rings. The molecule has 0 aliphatic heterocycles. The van der Waals surface area contributed by atoms with Crippen molar-refractivity contribution in [1.82, 2.24) is 0 Å². The number of phenolic OH excluding ortho intramolecular Hbond substituents is 1. The van der Waals surface area contributed by atoms with E-state index in [-0.39, 0.29) is 22.0 Å². The van der Waals surface area contributed by atoms with Crippen LogP contribution in [0.3, 0.4) is 0 Å². The summed E-state index contributed by atoms with van der Waals surface area (Å²) in [6.07, 6.45) is 0. The maximum atomic E-state index is 11.5. The van der Waals surface area contributed by atoms with Gasteiger partial charge in [0.15, 0.2) is 5.96 Å². The van der Waals surface area contributed by atoms with Crippen molar-refractivity contribution in [2.45, 2.75) is 0 Å². The molecule has 1 amide bonds. The summed E-state index contributed by atoms with van der Waals surface area (Å²) in [5.41, 5.74) is 9.79. The van der Waals surface area contributed by atoms with E-state index in [0.29, 0.717) is 0 Å². The van der Waals surface area contributed by atoms with Crippen LogP contribution in [0.15, 0.2) is 17.1 Å². The summed E-state index contributed by atoms with van der Waals surface area (Å²) in [6.45, 7) is 6.80. The Hall–Kier alpha value is -2.26. The van der Waals surface area contributed by atoms with Crippen LogP contribution in [0, 0.1) is 6.57 Å². The van der Waals surface area contributed by atoms with E-state index < -0.39 is 11.9 Å². The molecule has 16 heavy (non-hydrogen) atoms. The van der Waals surface area contributed by atoms with Gasteiger partial charge in [-0.05, 0) is 6.07 Å². The molecular weight excluding hydrogens is 232 g/mol. The standard InChI is InChI=1S/C9H7ClN4O2/c1-13-4-2-3-5(15)6(7(4)10)8(16)14-9(11)12/h2-3,15H,(H4,11,12,14,16). The third-order valence-corrected chi connectivity index (χ3v) is 2.05. The number of guanidine groups is 1. The van der Waals surface area contributed by atoms with Crippen molar-refractivity contribution in [2.75, 3.05) is 0 Å². The molecule has 0 aliphatic carbocycles. The minimum Gasteiger partial charge on any atom is -0.507 e. The van der Waals surface area contributed by atoms with E-state index >= 15 is 0 Å². The first-order chi connectivity index (χ1) is 7.47. The number of carbonyl (C=O) groups is 1. The Balaban J connectivity index is 3.39. The van der Waals surface area contributed by atoms with Crippen molar-refractivity contribution in [2.24, 2.45) is 16.5 Å². The first kappa shape index (κ1) is 11.8. The van der Waals surface area contributed by atoms with Gasteiger partial charge in [-0.25, -0.2) is 4.85 Å². The van der Waals surface area contributed by atoms with E-state index in [4.69, 9.17) is 29.6 Å². The summed E-state index contributed by atoms with van der Waals surface area (Å²) >= 11 is 5.75. The molecule has 0 heterocycles. The summed E-state index contributed by atoms with van der Waals surface area (Å²) in [4.78, 5) is 17.8. The Morgan fingerprint density at radius 1 is 1.50 bits per heavy atom. The summed E-state index contributed by atoms with van der Waals surface area (Å²) in [5.74, 6) is -1.73. The summed E-state index contributed by atoms with van der Waals surface area (Å²) in [7, 11) is 0. The average Bonchev–Trinajstić information content (AvgIpc) is 2.16. The van der Waals surface area contributed by atoms with Crippen LogP contribution in [-0.4, -0.2) is 17.0 Å². The lowest BCUT2D eigenvalue weighted by Gasteiger charge is -2.04. The number of aliphatic imine (C=N–C) groups is 1. The van der Waals surface area contributed by atoms with E-state index in [1.807, 2.05) is 0 Å². The molecule has 0 radical (unpaired) electrons. The van der Waals surface area contributed by atoms with Crippen molar-refractivity contribution in [3.8, 4) is 5.75 Å². The second-order valence-electron chi connectivity index (χ2n) is 2.75. The number of hydrogen-bond donors (Lipinski definition) is 3. The third kappa shape index (κ3) is 2.21. The van der Waals surface area contributed by atoms with Gasteiger partial charge in [0.2, 0.25) is 5.69 Å². The predicted octanol–water partition coefficient (Wildman–Crippen LogP) is 1.01.